The molecule has 0 spiro atoms. The fourth-order valence-electron chi connectivity index (χ4n) is 2.10. The molecule has 0 bridgehead atoms. The third kappa shape index (κ3) is 4.65. The zero-order valence-electron chi connectivity index (χ0n) is 12.9. The molecule has 1 aromatic carbocycles. The first kappa shape index (κ1) is 16.7. The number of nitrogens with zero attached hydrogens (tertiary/aromatic N) is 2. The third-order valence-corrected chi connectivity index (χ3v) is 3.24. The van der Waals surface area contributed by atoms with Gasteiger partial charge < -0.3 is 15.2 Å². The molecule has 0 aliphatic carbocycles. The molecule has 7 heteroatoms. The van der Waals surface area contributed by atoms with Crippen LogP contribution in [0.5, 0.6) is 0 Å². The number of amides is 1. The number of carbonyl (C=O) groups excluding carboxylic acids is 1. The lowest BCUT2D eigenvalue weighted by molar-refractivity contribution is -0.116. The molecule has 122 valence electrons. The summed E-state index contributed by atoms with van der Waals surface area (Å²) in [5, 5.41) is 15.8. The van der Waals surface area contributed by atoms with Gasteiger partial charge in [-0.1, -0.05) is 12.1 Å². The van der Waals surface area contributed by atoms with Crippen LogP contribution in [-0.2, 0) is 9.53 Å². The Hall–Kier alpha value is -2.67. The van der Waals surface area contributed by atoms with Crippen LogP contribution >= 0.6 is 0 Å². The van der Waals surface area contributed by atoms with Crippen molar-refractivity contribution in [1.82, 2.24) is 9.78 Å². The SMILES string of the molecule is COCCCCC(=O)Nc1ccccc1-n1ccc(C(=O)O)n1. The fraction of sp³-hybridized carbons (Fsp3) is 0.312. The van der Waals surface area contributed by atoms with E-state index in [9.17, 15) is 9.59 Å². The number of ether oxygens (including phenoxy) is 1. The normalized spacial score (nSPS) is 10.5. The van der Waals surface area contributed by atoms with Gasteiger partial charge in [0.2, 0.25) is 5.91 Å². The lowest BCUT2D eigenvalue weighted by Gasteiger charge is -2.11. The van der Waals surface area contributed by atoms with Gasteiger partial charge in [0, 0.05) is 26.3 Å². The predicted octanol–water partition coefficient (Wildman–Crippen LogP) is 2.33. The van der Waals surface area contributed by atoms with Crippen LogP contribution in [-0.4, -0.2) is 40.5 Å². The summed E-state index contributed by atoms with van der Waals surface area (Å²) in [4.78, 5) is 22.9. The minimum Gasteiger partial charge on any atom is -0.476 e. The highest BCUT2D eigenvalue weighted by atomic mass is 16.5. The fourth-order valence-corrected chi connectivity index (χ4v) is 2.10. The average molecular weight is 317 g/mol. The van der Waals surface area contributed by atoms with E-state index >= 15 is 0 Å². The molecule has 2 rings (SSSR count). The van der Waals surface area contributed by atoms with Crippen LogP contribution in [0.2, 0.25) is 0 Å². The predicted molar refractivity (Wildman–Crippen MR) is 84.9 cm³/mol. The Morgan fingerprint density at radius 2 is 2.04 bits per heavy atom. The summed E-state index contributed by atoms with van der Waals surface area (Å²) in [6.07, 6.45) is 3.52. The smallest absolute Gasteiger partial charge is 0.356 e. The first-order chi connectivity index (χ1) is 11.1. The van der Waals surface area contributed by atoms with Gasteiger partial charge in [-0.05, 0) is 31.0 Å². The number of carbonyl (C=O) groups is 2. The highest BCUT2D eigenvalue weighted by molar-refractivity contribution is 5.92. The maximum Gasteiger partial charge on any atom is 0.356 e. The number of methoxy groups -OCH3 is 1. The molecule has 0 radical (unpaired) electrons. The number of nitrogens with one attached hydrogen (secondary N) is 1. The minimum atomic E-state index is -1.09. The van der Waals surface area contributed by atoms with Crippen molar-refractivity contribution in [1.29, 1.82) is 0 Å². The van der Waals surface area contributed by atoms with E-state index in [0.29, 0.717) is 24.4 Å². The molecule has 1 heterocycles. The Kier molecular flexibility index (Phi) is 5.87. The molecule has 1 amide bonds. The van der Waals surface area contributed by atoms with Crippen LogP contribution in [0, 0.1) is 0 Å². The van der Waals surface area contributed by atoms with Gasteiger partial charge in [0.05, 0.1) is 11.4 Å². The average Bonchev–Trinajstić information content (AvgIpc) is 3.02. The molecule has 23 heavy (non-hydrogen) atoms. The van der Waals surface area contributed by atoms with Crippen molar-refractivity contribution in [2.75, 3.05) is 19.0 Å². The number of benzene rings is 1. The van der Waals surface area contributed by atoms with E-state index in [-0.39, 0.29) is 11.6 Å². The van der Waals surface area contributed by atoms with Crippen molar-refractivity contribution in [3.63, 3.8) is 0 Å². The van der Waals surface area contributed by atoms with Crippen LogP contribution in [0.3, 0.4) is 0 Å². The molecule has 0 atom stereocenters. The zero-order valence-corrected chi connectivity index (χ0v) is 12.9. The van der Waals surface area contributed by atoms with E-state index < -0.39 is 5.97 Å². The van der Waals surface area contributed by atoms with E-state index in [4.69, 9.17) is 9.84 Å². The number of hydrogen-bond donors (Lipinski definition) is 2. The van der Waals surface area contributed by atoms with E-state index in [2.05, 4.69) is 10.4 Å². The maximum absolute atomic E-state index is 12.0. The van der Waals surface area contributed by atoms with Crippen LogP contribution in [0.25, 0.3) is 5.69 Å². The highest BCUT2D eigenvalue weighted by Crippen LogP contribution is 2.20. The van der Waals surface area contributed by atoms with Gasteiger partial charge in [-0.2, -0.15) is 5.10 Å². The molecular formula is C16H19N3O4. The largest absolute Gasteiger partial charge is 0.476 e. The number of para-hydroxylation sites is 2. The Morgan fingerprint density at radius 3 is 2.74 bits per heavy atom. The van der Waals surface area contributed by atoms with Gasteiger partial charge in [-0.3, -0.25) is 4.79 Å². The Labute approximate surface area is 133 Å². The van der Waals surface area contributed by atoms with Gasteiger partial charge in [0.1, 0.15) is 0 Å². The van der Waals surface area contributed by atoms with E-state index in [1.165, 1.54) is 10.7 Å². The van der Waals surface area contributed by atoms with E-state index in [1.54, 1.807) is 37.6 Å². The highest BCUT2D eigenvalue weighted by Gasteiger charge is 2.11. The number of hydrogen-bond acceptors (Lipinski definition) is 4. The summed E-state index contributed by atoms with van der Waals surface area (Å²) in [7, 11) is 1.63. The molecule has 0 saturated carbocycles. The standard InChI is InChI=1S/C16H19N3O4/c1-23-11-5-4-8-15(20)17-12-6-2-3-7-14(12)19-10-9-13(18-19)16(21)22/h2-3,6-7,9-10H,4-5,8,11H2,1H3,(H,17,20)(H,21,22). The number of carboxylic acid groups (broad SMARTS) is 1. The summed E-state index contributed by atoms with van der Waals surface area (Å²) >= 11 is 0. The lowest BCUT2D eigenvalue weighted by Crippen LogP contribution is -2.13. The molecular weight excluding hydrogens is 298 g/mol. The summed E-state index contributed by atoms with van der Waals surface area (Å²) < 4.78 is 6.38. The van der Waals surface area contributed by atoms with Crippen LogP contribution < -0.4 is 5.32 Å². The number of aromatic nitrogens is 2. The van der Waals surface area contributed by atoms with Gasteiger partial charge in [-0.15, -0.1) is 0 Å². The maximum atomic E-state index is 12.0. The Balaban J connectivity index is 2.08. The van der Waals surface area contributed by atoms with Gasteiger partial charge in [0.15, 0.2) is 5.69 Å². The van der Waals surface area contributed by atoms with Crippen molar-refractivity contribution in [2.45, 2.75) is 19.3 Å². The Morgan fingerprint density at radius 1 is 1.26 bits per heavy atom. The number of aromatic carboxylic acids is 1. The quantitative estimate of drug-likeness (QED) is 0.729. The second kappa shape index (κ2) is 8.09. The zero-order chi connectivity index (χ0) is 16.7. The van der Waals surface area contributed by atoms with E-state index in [0.717, 1.165) is 12.8 Å². The lowest BCUT2D eigenvalue weighted by atomic mass is 10.2. The van der Waals surface area contributed by atoms with Crippen molar-refractivity contribution < 1.29 is 19.4 Å². The molecule has 2 aromatic rings. The topological polar surface area (TPSA) is 93.5 Å². The Bertz CT molecular complexity index is 681. The van der Waals surface area contributed by atoms with Crippen molar-refractivity contribution in [3.8, 4) is 5.69 Å². The van der Waals surface area contributed by atoms with Crippen molar-refractivity contribution >= 4 is 17.6 Å². The first-order valence-electron chi connectivity index (χ1n) is 7.29. The molecule has 0 unspecified atom stereocenters. The summed E-state index contributed by atoms with van der Waals surface area (Å²) in [6.45, 7) is 0.634. The molecule has 2 N–H and O–H groups in total. The van der Waals surface area contributed by atoms with Crippen LogP contribution in [0.1, 0.15) is 29.8 Å². The summed E-state index contributed by atoms with van der Waals surface area (Å²) in [5.74, 6) is -1.19. The van der Waals surface area contributed by atoms with E-state index in [1.807, 2.05) is 0 Å². The second-order valence-electron chi connectivity index (χ2n) is 4.97. The first-order valence-corrected chi connectivity index (χ1v) is 7.29. The number of anilines is 1. The van der Waals surface area contributed by atoms with Crippen LogP contribution in [0.4, 0.5) is 5.69 Å². The van der Waals surface area contributed by atoms with Crippen LogP contribution in [0.15, 0.2) is 36.5 Å². The van der Waals surface area contributed by atoms with Crippen molar-refractivity contribution in [3.05, 3.63) is 42.2 Å². The molecule has 0 aliphatic rings. The molecule has 0 fully saturated rings. The van der Waals surface area contributed by atoms with Gasteiger partial charge in [-0.25, -0.2) is 9.48 Å². The molecule has 0 saturated heterocycles. The minimum absolute atomic E-state index is 0.0503. The number of unbranched alkanes of at least 4 members (excludes halogenated alkanes) is 1. The summed E-state index contributed by atoms with van der Waals surface area (Å²) in [6, 6.07) is 8.52. The monoisotopic (exact) mass is 317 g/mol. The second-order valence-corrected chi connectivity index (χ2v) is 4.97. The van der Waals surface area contributed by atoms with Gasteiger partial charge in [0.25, 0.3) is 0 Å². The molecule has 7 nitrogen and oxygen atoms in total. The number of rotatable bonds is 8. The molecule has 0 aliphatic heterocycles. The molecule has 1 aromatic heterocycles. The number of carboxylic acids is 1. The van der Waals surface area contributed by atoms with Crippen molar-refractivity contribution in [2.24, 2.45) is 0 Å². The van der Waals surface area contributed by atoms with Gasteiger partial charge >= 0.3 is 5.97 Å². The third-order valence-electron chi connectivity index (χ3n) is 3.24. The summed E-state index contributed by atoms with van der Waals surface area (Å²) in [5.41, 5.74) is 1.15.